The topological polar surface area (TPSA) is 55.3 Å². The Balaban J connectivity index is 2.05. The van der Waals surface area contributed by atoms with E-state index in [0.717, 1.165) is 48.1 Å². The Morgan fingerprint density at radius 2 is 2.05 bits per heavy atom. The average Bonchev–Trinajstić information content (AvgIpc) is 2.78. The van der Waals surface area contributed by atoms with Crippen LogP contribution in [0.15, 0.2) is 28.7 Å². The van der Waals surface area contributed by atoms with Crippen LogP contribution in [0, 0.1) is 13.8 Å². The third kappa shape index (κ3) is 3.68. The summed E-state index contributed by atoms with van der Waals surface area (Å²) in [4.78, 5) is 6.86. The van der Waals surface area contributed by atoms with Crippen molar-refractivity contribution in [2.24, 2.45) is 5.73 Å². The molecule has 4 nitrogen and oxygen atoms in total. The number of furan rings is 1. The van der Waals surface area contributed by atoms with Crippen LogP contribution in [0.3, 0.4) is 0 Å². The SMILES string of the molecule is CCN(Cc1cccc(C)n1)Cc1cc(CN)c(C)o1. The minimum Gasteiger partial charge on any atom is -0.465 e. The van der Waals surface area contributed by atoms with E-state index < -0.39 is 0 Å². The molecule has 0 amide bonds. The van der Waals surface area contributed by atoms with Crippen LogP contribution in [0.4, 0.5) is 0 Å². The summed E-state index contributed by atoms with van der Waals surface area (Å²) in [5.41, 5.74) is 8.92. The first-order valence-corrected chi connectivity index (χ1v) is 7.05. The molecule has 2 N–H and O–H groups in total. The lowest BCUT2D eigenvalue weighted by molar-refractivity contribution is 0.243. The van der Waals surface area contributed by atoms with Gasteiger partial charge in [0, 0.05) is 24.3 Å². The number of aryl methyl sites for hydroxylation is 2. The normalized spacial score (nSPS) is 11.2. The van der Waals surface area contributed by atoms with Gasteiger partial charge in [0.2, 0.25) is 0 Å². The molecular weight excluding hydrogens is 250 g/mol. The lowest BCUT2D eigenvalue weighted by Gasteiger charge is -2.18. The number of hydrogen-bond donors (Lipinski definition) is 1. The molecule has 0 fully saturated rings. The molecule has 0 atom stereocenters. The predicted octanol–water partition coefficient (Wildman–Crippen LogP) is 2.77. The molecule has 2 rings (SSSR count). The molecule has 2 heterocycles. The van der Waals surface area contributed by atoms with Gasteiger partial charge in [-0.1, -0.05) is 13.0 Å². The van der Waals surface area contributed by atoms with Crippen LogP contribution in [0.5, 0.6) is 0 Å². The monoisotopic (exact) mass is 273 g/mol. The second kappa shape index (κ2) is 6.68. The van der Waals surface area contributed by atoms with Crippen LogP contribution in [-0.2, 0) is 19.6 Å². The highest BCUT2D eigenvalue weighted by Gasteiger charge is 2.11. The van der Waals surface area contributed by atoms with E-state index in [0.29, 0.717) is 6.54 Å². The molecule has 0 aromatic carbocycles. The smallest absolute Gasteiger partial charge is 0.118 e. The third-order valence-electron chi connectivity index (χ3n) is 3.45. The molecular formula is C16H23N3O. The van der Waals surface area contributed by atoms with Crippen molar-refractivity contribution in [3.05, 3.63) is 52.7 Å². The molecule has 0 aliphatic rings. The van der Waals surface area contributed by atoms with Gasteiger partial charge in [-0.05, 0) is 38.6 Å². The summed E-state index contributed by atoms with van der Waals surface area (Å²) in [5, 5.41) is 0. The Hall–Kier alpha value is -1.65. The number of aromatic nitrogens is 1. The zero-order chi connectivity index (χ0) is 14.5. The molecule has 108 valence electrons. The zero-order valence-electron chi connectivity index (χ0n) is 12.5. The molecule has 20 heavy (non-hydrogen) atoms. The van der Waals surface area contributed by atoms with E-state index in [1.54, 1.807) is 0 Å². The first kappa shape index (κ1) is 14.8. The van der Waals surface area contributed by atoms with E-state index in [4.69, 9.17) is 10.2 Å². The predicted molar refractivity (Wildman–Crippen MR) is 80.1 cm³/mol. The van der Waals surface area contributed by atoms with Crippen LogP contribution >= 0.6 is 0 Å². The highest BCUT2D eigenvalue weighted by atomic mass is 16.3. The fraction of sp³-hybridized carbons (Fsp3) is 0.438. The lowest BCUT2D eigenvalue weighted by Crippen LogP contribution is -2.22. The quantitative estimate of drug-likeness (QED) is 0.879. The van der Waals surface area contributed by atoms with Gasteiger partial charge in [0.15, 0.2) is 0 Å². The Labute approximate surface area is 120 Å². The van der Waals surface area contributed by atoms with Gasteiger partial charge in [-0.15, -0.1) is 0 Å². The standard InChI is InChI=1S/C16H23N3O/c1-4-19(10-15-7-5-6-12(2)18-15)11-16-8-14(9-17)13(3)20-16/h5-8H,4,9-11,17H2,1-3H3. The molecule has 0 saturated heterocycles. The molecule has 0 spiro atoms. The summed E-state index contributed by atoms with van der Waals surface area (Å²) < 4.78 is 5.76. The van der Waals surface area contributed by atoms with Gasteiger partial charge in [0.05, 0.1) is 12.2 Å². The second-order valence-electron chi connectivity index (χ2n) is 5.07. The van der Waals surface area contributed by atoms with Crippen molar-refractivity contribution in [2.45, 2.75) is 40.4 Å². The van der Waals surface area contributed by atoms with E-state index in [9.17, 15) is 0 Å². The molecule has 4 heteroatoms. The highest BCUT2D eigenvalue weighted by Crippen LogP contribution is 2.16. The van der Waals surface area contributed by atoms with Gasteiger partial charge in [-0.3, -0.25) is 9.88 Å². The maximum atomic E-state index is 5.76. The number of rotatable bonds is 6. The molecule has 0 radical (unpaired) electrons. The van der Waals surface area contributed by atoms with Crippen molar-refractivity contribution in [3.63, 3.8) is 0 Å². The highest BCUT2D eigenvalue weighted by molar-refractivity contribution is 5.20. The fourth-order valence-electron chi connectivity index (χ4n) is 2.28. The summed E-state index contributed by atoms with van der Waals surface area (Å²) in [5.74, 6) is 1.89. The maximum Gasteiger partial charge on any atom is 0.118 e. The molecule has 0 aliphatic carbocycles. The Morgan fingerprint density at radius 1 is 1.25 bits per heavy atom. The van der Waals surface area contributed by atoms with Crippen LogP contribution in [-0.4, -0.2) is 16.4 Å². The van der Waals surface area contributed by atoms with Crippen LogP contribution in [0.2, 0.25) is 0 Å². The van der Waals surface area contributed by atoms with Crippen LogP contribution in [0.25, 0.3) is 0 Å². The summed E-state index contributed by atoms with van der Waals surface area (Å²) in [6.45, 7) is 9.22. The Kier molecular flexibility index (Phi) is 4.93. The van der Waals surface area contributed by atoms with Crippen molar-refractivity contribution in [3.8, 4) is 0 Å². The van der Waals surface area contributed by atoms with E-state index >= 15 is 0 Å². The van der Waals surface area contributed by atoms with Gasteiger partial charge in [-0.25, -0.2) is 0 Å². The van der Waals surface area contributed by atoms with Crippen LogP contribution in [0.1, 0.15) is 35.4 Å². The van der Waals surface area contributed by atoms with E-state index in [-0.39, 0.29) is 0 Å². The lowest BCUT2D eigenvalue weighted by atomic mass is 10.2. The first-order chi connectivity index (χ1) is 9.62. The van der Waals surface area contributed by atoms with Crippen molar-refractivity contribution in [2.75, 3.05) is 6.54 Å². The van der Waals surface area contributed by atoms with E-state index in [2.05, 4.69) is 35.0 Å². The summed E-state index contributed by atoms with van der Waals surface area (Å²) >= 11 is 0. The molecule has 2 aromatic rings. The van der Waals surface area contributed by atoms with Crippen molar-refractivity contribution < 1.29 is 4.42 Å². The molecule has 0 unspecified atom stereocenters. The number of hydrogen-bond acceptors (Lipinski definition) is 4. The van der Waals surface area contributed by atoms with Gasteiger partial charge in [0.25, 0.3) is 0 Å². The van der Waals surface area contributed by atoms with E-state index in [1.165, 1.54) is 0 Å². The number of nitrogens with two attached hydrogens (primary N) is 1. The second-order valence-corrected chi connectivity index (χ2v) is 5.07. The largest absolute Gasteiger partial charge is 0.465 e. The molecule has 0 aliphatic heterocycles. The zero-order valence-corrected chi connectivity index (χ0v) is 12.5. The van der Waals surface area contributed by atoms with Crippen molar-refractivity contribution >= 4 is 0 Å². The van der Waals surface area contributed by atoms with E-state index in [1.807, 2.05) is 19.9 Å². The molecule has 0 saturated carbocycles. The van der Waals surface area contributed by atoms with Crippen LogP contribution < -0.4 is 5.73 Å². The minimum absolute atomic E-state index is 0.529. The van der Waals surface area contributed by atoms with Crippen molar-refractivity contribution in [1.29, 1.82) is 0 Å². The third-order valence-corrected chi connectivity index (χ3v) is 3.45. The van der Waals surface area contributed by atoms with Crippen molar-refractivity contribution in [1.82, 2.24) is 9.88 Å². The molecule has 2 aromatic heterocycles. The summed E-state index contributed by atoms with van der Waals surface area (Å²) in [6.07, 6.45) is 0. The van der Waals surface area contributed by atoms with Gasteiger partial charge in [0.1, 0.15) is 11.5 Å². The maximum absolute atomic E-state index is 5.76. The van der Waals surface area contributed by atoms with Gasteiger partial charge in [-0.2, -0.15) is 0 Å². The van der Waals surface area contributed by atoms with Gasteiger partial charge < -0.3 is 10.2 Å². The minimum atomic E-state index is 0.529. The Bertz CT molecular complexity index is 563. The number of pyridine rings is 1. The van der Waals surface area contributed by atoms with Gasteiger partial charge >= 0.3 is 0 Å². The fourth-order valence-corrected chi connectivity index (χ4v) is 2.28. The first-order valence-electron chi connectivity index (χ1n) is 7.05. The number of nitrogens with zero attached hydrogens (tertiary/aromatic N) is 2. The summed E-state index contributed by atoms with van der Waals surface area (Å²) in [6, 6.07) is 8.19. The Morgan fingerprint density at radius 3 is 2.65 bits per heavy atom. The molecule has 0 bridgehead atoms. The summed E-state index contributed by atoms with van der Waals surface area (Å²) in [7, 11) is 0. The average molecular weight is 273 g/mol.